The predicted octanol–water partition coefficient (Wildman–Crippen LogP) is 2.23. The van der Waals surface area contributed by atoms with Gasteiger partial charge in [0.1, 0.15) is 5.82 Å². The smallest absolute Gasteiger partial charge is 0.357 e. The molecule has 0 fully saturated rings. The highest BCUT2D eigenvalue weighted by Crippen LogP contribution is 2.21. The van der Waals surface area contributed by atoms with Crippen molar-refractivity contribution in [2.24, 2.45) is 0 Å². The summed E-state index contributed by atoms with van der Waals surface area (Å²) < 4.78 is 30.7. The molecular formula is C10H7F2NO2. The van der Waals surface area contributed by atoms with Crippen LogP contribution in [0, 0.1) is 11.6 Å². The van der Waals surface area contributed by atoms with E-state index in [1.165, 1.54) is 6.07 Å². The van der Waals surface area contributed by atoms with E-state index in [1.54, 1.807) is 0 Å². The number of rotatable bonds is 1. The van der Waals surface area contributed by atoms with Gasteiger partial charge in [-0.15, -0.1) is 0 Å². The first-order valence-electron chi connectivity index (χ1n) is 4.18. The zero-order chi connectivity index (χ0) is 11.0. The fraction of sp³-hybridized carbons (Fsp3) is 0.100. The Kier molecular flexibility index (Phi) is 2.15. The van der Waals surface area contributed by atoms with Crippen LogP contribution in [-0.4, -0.2) is 18.1 Å². The number of hydrogen-bond acceptors (Lipinski definition) is 2. The Morgan fingerprint density at radius 3 is 2.80 bits per heavy atom. The average Bonchev–Trinajstić information content (AvgIpc) is 2.54. The maximum Gasteiger partial charge on any atom is 0.357 e. The molecule has 0 amide bonds. The Bertz CT molecular complexity index is 533. The number of halogens is 2. The molecule has 5 heteroatoms. The van der Waals surface area contributed by atoms with Crippen molar-refractivity contribution in [3.05, 3.63) is 35.5 Å². The Morgan fingerprint density at radius 1 is 1.40 bits per heavy atom. The number of benzene rings is 1. The molecule has 2 rings (SSSR count). The van der Waals surface area contributed by atoms with Gasteiger partial charge < -0.3 is 9.72 Å². The van der Waals surface area contributed by atoms with Gasteiger partial charge in [-0.3, -0.25) is 0 Å². The van der Waals surface area contributed by atoms with Gasteiger partial charge in [-0.2, -0.15) is 0 Å². The van der Waals surface area contributed by atoms with Crippen molar-refractivity contribution < 1.29 is 18.3 Å². The van der Waals surface area contributed by atoms with Gasteiger partial charge in [-0.05, 0) is 18.2 Å². The van der Waals surface area contributed by atoms with Crippen LogP contribution in [0.5, 0.6) is 0 Å². The Hall–Kier alpha value is -1.91. The van der Waals surface area contributed by atoms with Crippen molar-refractivity contribution in [2.45, 2.75) is 0 Å². The van der Waals surface area contributed by atoms with Crippen LogP contribution < -0.4 is 0 Å². The van der Waals surface area contributed by atoms with E-state index in [0.29, 0.717) is 0 Å². The van der Waals surface area contributed by atoms with E-state index >= 15 is 0 Å². The summed E-state index contributed by atoms with van der Waals surface area (Å²) in [5.74, 6) is -2.04. The third kappa shape index (κ3) is 1.45. The Labute approximate surface area is 83.7 Å². The molecule has 0 saturated carbocycles. The first kappa shape index (κ1) is 9.64. The highest BCUT2D eigenvalue weighted by Gasteiger charge is 2.18. The minimum Gasteiger partial charge on any atom is -0.464 e. The summed E-state index contributed by atoms with van der Waals surface area (Å²) in [4.78, 5) is 13.6. The number of aromatic amines is 1. The number of ether oxygens (including phenoxy) is 1. The van der Waals surface area contributed by atoms with E-state index in [-0.39, 0.29) is 16.6 Å². The van der Waals surface area contributed by atoms with Crippen LogP contribution in [-0.2, 0) is 4.74 Å². The third-order valence-electron chi connectivity index (χ3n) is 2.09. The first-order valence-corrected chi connectivity index (χ1v) is 4.18. The van der Waals surface area contributed by atoms with Crippen molar-refractivity contribution in [1.29, 1.82) is 0 Å². The first-order chi connectivity index (χ1) is 7.13. The fourth-order valence-electron chi connectivity index (χ4n) is 1.38. The lowest BCUT2D eigenvalue weighted by molar-refractivity contribution is 0.0590. The minimum atomic E-state index is -0.816. The molecule has 0 aliphatic heterocycles. The molecule has 15 heavy (non-hydrogen) atoms. The highest BCUT2D eigenvalue weighted by atomic mass is 19.1. The predicted molar refractivity (Wildman–Crippen MR) is 49.6 cm³/mol. The zero-order valence-electron chi connectivity index (χ0n) is 7.80. The summed E-state index contributed by atoms with van der Waals surface area (Å²) in [6.45, 7) is 0. The van der Waals surface area contributed by atoms with Gasteiger partial charge in [-0.1, -0.05) is 0 Å². The van der Waals surface area contributed by atoms with Crippen molar-refractivity contribution in [1.82, 2.24) is 4.98 Å². The lowest BCUT2D eigenvalue weighted by atomic mass is 10.2. The lowest BCUT2D eigenvalue weighted by Gasteiger charge is -1.93. The van der Waals surface area contributed by atoms with Crippen LogP contribution in [0.2, 0.25) is 0 Å². The maximum atomic E-state index is 13.5. The van der Waals surface area contributed by atoms with Gasteiger partial charge in [-0.25, -0.2) is 13.6 Å². The monoisotopic (exact) mass is 211 g/mol. The molecule has 1 heterocycles. The number of carbonyl (C=O) groups excluding carboxylic acids is 1. The number of methoxy groups -OCH3 is 1. The quantitative estimate of drug-likeness (QED) is 0.735. The van der Waals surface area contributed by atoms with Gasteiger partial charge >= 0.3 is 5.97 Å². The van der Waals surface area contributed by atoms with E-state index in [0.717, 1.165) is 19.2 Å². The highest BCUT2D eigenvalue weighted by molar-refractivity contribution is 5.95. The standard InChI is InChI=1S/C10H7F2NO2/c1-15-10(14)9-8(12)6-3-2-5(11)4-7(6)13-9/h2-4,13H,1H3. The molecule has 1 aromatic heterocycles. The number of fused-ring (bicyclic) bond motifs is 1. The molecule has 0 atom stereocenters. The fourth-order valence-corrected chi connectivity index (χ4v) is 1.38. The number of hydrogen-bond donors (Lipinski definition) is 1. The molecule has 0 unspecified atom stereocenters. The molecule has 1 N–H and O–H groups in total. The number of nitrogens with one attached hydrogen (secondary N) is 1. The summed E-state index contributed by atoms with van der Waals surface area (Å²) in [5.41, 5.74) is -0.0639. The minimum absolute atomic E-state index is 0.164. The van der Waals surface area contributed by atoms with E-state index in [9.17, 15) is 13.6 Å². The van der Waals surface area contributed by atoms with E-state index in [4.69, 9.17) is 0 Å². The molecule has 0 saturated heterocycles. The maximum absolute atomic E-state index is 13.5. The topological polar surface area (TPSA) is 42.1 Å². The molecule has 2 aromatic rings. The largest absolute Gasteiger partial charge is 0.464 e. The van der Waals surface area contributed by atoms with Crippen LogP contribution in [0.25, 0.3) is 10.9 Å². The van der Waals surface area contributed by atoms with Crippen molar-refractivity contribution in [3.8, 4) is 0 Å². The van der Waals surface area contributed by atoms with E-state index in [1.807, 2.05) is 0 Å². The van der Waals surface area contributed by atoms with Crippen LogP contribution in [0.3, 0.4) is 0 Å². The molecule has 78 valence electrons. The molecule has 0 bridgehead atoms. The molecule has 1 aromatic carbocycles. The van der Waals surface area contributed by atoms with Gasteiger partial charge in [0.25, 0.3) is 0 Å². The van der Waals surface area contributed by atoms with Gasteiger partial charge in [0.15, 0.2) is 11.5 Å². The van der Waals surface area contributed by atoms with Crippen LogP contribution in [0.15, 0.2) is 18.2 Å². The molecular weight excluding hydrogens is 204 g/mol. The van der Waals surface area contributed by atoms with Gasteiger partial charge in [0.05, 0.1) is 12.6 Å². The number of esters is 1. The van der Waals surface area contributed by atoms with Crippen LogP contribution in [0.4, 0.5) is 8.78 Å². The average molecular weight is 211 g/mol. The Balaban J connectivity index is 2.69. The zero-order valence-corrected chi connectivity index (χ0v) is 7.80. The van der Waals surface area contributed by atoms with Crippen molar-refractivity contribution in [2.75, 3.05) is 7.11 Å². The van der Waals surface area contributed by atoms with Crippen LogP contribution in [0.1, 0.15) is 10.5 Å². The molecule has 0 radical (unpaired) electrons. The lowest BCUT2D eigenvalue weighted by Crippen LogP contribution is -2.03. The second-order valence-electron chi connectivity index (χ2n) is 3.00. The summed E-state index contributed by atoms with van der Waals surface area (Å²) in [6, 6.07) is 3.51. The summed E-state index contributed by atoms with van der Waals surface area (Å²) in [6.07, 6.45) is 0. The summed E-state index contributed by atoms with van der Waals surface area (Å²) in [7, 11) is 1.15. The van der Waals surface area contributed by atoms with E-state index < -0.39 is 17.6 Å². The second-order valence-corrected chi connectivity index (χ2v) is 3.00. The van der Waals surface area contributed by atoms with Gasteiger partial charge in [0.2, 0.25) is 0 Å². The number of aromatic nitrogens is 1. The molecule has 3 nitrogen and oxygen atoms in total. The third-order valence-corrected chi connectivity index (χ3v) is 2.09. The number of carbonyl (C=O) groups is 1. The molecule has 0 spiro atoms. The van der Waals surface area contributed by atoms with Crippen LogP contribution >= 0.6 is 0 Å². The number of H-pyrrole nitrogens is 1. The van der Waals surface area contributed by atoms with Gasteiger partial charge in [0, 0.05) is 5.39 Å². The Morgan fingerprint density at radius 2 is 2.13 bits per heavy atom. The molecule has 0 aliphatic rings. The van der Waals surface area contributed by atoms with E-state index in [2.05, 4.69) is 9.72 Å². The normalized spacial score (nSPS) is 10.6. The summed E-state index contributed by atoms with van der Waals surface area (Å²) >= 11 is 0. The molecule has 0 aliphatic carbocycles. The SMILES string of the molecule is COC(=O)c1[nH]c2cc(F)ccc2c1F. The summed E-state index contributed by atoms with van der Waals surface area (Å²) in [5, 5.41) is 0.164. The van der Waals surface area contributed by atoms with Crippen molar-refractivity contribution >= 4 is 16.9 Å². The second kappa shape index (κ2) is 3.34. The van der Waals surface area contributed by atoms with Crippen molar-refractivity contribution in [3.63, 3.8) is 0 Å².